The van der Waals surface area contributed by atoms with E-state index >= 15 is 0 Å². The highest BCUT2D eigenvalue weighted by atomic mass is 79.9. The summed E-state index contributed by atoms with van der Waals surface area (Å²) in [6.45, 7) is 1.93. The number of pyridine rings is 1. The van der Waals surface area contributed by atoms with Gasteiger partial charge in [-0.2, -0.15) is 0 Å². The summed E-state index contributed by atoms with van der Waals surface area (Å²) in [4.78, 5) is 16.0. The summed E-state index contributed by atoms with van der Waals surface area (Å²) in [7, 11) is 0. The number of aromatic nitrogens is 1. The highest BCUT2D eigenvalue weighted by Crippen LogP contribution is 2.21. The van der Waals surface area contributed by atoms with Crippen LogP contribution >= 0.6 is 15.9 Å². The van der Waals surface area contributed by atoms with E-state index in [4.69, 9.17) is 5.73 Å². The average molecular weight is 306 g/mol. The molecule has 0 atom stereocenters. The SMILES string of the molecule is Cc1ccc(Br)cc1NC(=O)c1cnccc1N. The molecular formula is C13H12BrN3O. The number of nitrogens with two attached hydrogens (primary N) is 1. The van der Waals surface area contributed by atoms with Crippen molar-refractivity contribution in [1.82, 2.24) is 4.98 Å². The molecule has 0 saturated carbocycles. The predicted octanol–water partition coefficient (Wildman–Crippen LogP) is 2.99. The van der Waals surface area contributed by atoms with Gasteiger partial charge in [0.1, 0.15) is 0 Å². The third-order valence-corrected chi connectivity index (χ3v) is 3.04. The van der Waals surface area contributed by atoms with Gasteiger partial charge in [-0.15, -0.1) is 0 Å². The molecule has 2 rings (SSSR count). The Bertz CT molecular complexity index is 599. The van der Waals surface area contributed by atoms with Crippen molar-refractivity contribution in [3.05, 3.63) is 52.3 Å². The van der Waals surface area contributed by atoms with E-state index < -0.39 is 0 Å². The van der Waals surface area contributed by atoms with Crippen molar-refractivity contribution in [3.8, 4) is 0 Å². The molecule has 1 heterocycles. The summed E-state index contributed by atoms with van der Waals surface area (Å²) in [6.07, 6.45) is 3.01. The third kappa shape index (κ3) is 2.68. The van der Waals surface area contributed by atoms with Crippen LogP contribution in [0, 0.1) is 6.92 Å². The molecule has 0 aliphatic rings. The van der Waals surface area contributed by atoms with Crippen LogP contribution in [0.2, 0.25) is 0 Å². The first-order valence-electron chi connectivity index (χ1n) is 5.35. The Morgan fingerprint density at radius 3 is 2.89 bits per heavy atom. The summed E-state index contributed by atoms with van der Waals surface area (Å²) in [6, 6.07) is 7.29. The lowest BCUT2D eigenvalue weighted by Crippen LogP contribution is -2.15. The lowest BCUT2D eigenvalue weighted by molar-refractivity contribution is 0.102. The smallest absolute Gasteiger partial charge is 0.259 e. The van der Waals surface area contributed by atoms with Crippen LogP contribution < -0.4 is 11.1 Å². The van der Waals surface area contributed by atoms with Crippen LogP contribution in [0.15, 0.2) is 41.1 Å². The van der Waals surface area contributed by atoms with Gasteiger partial charge in [0, 0.05) is 28.2 Å². The van der Waals surface area contributed by atoms with Gasteiger partial charge >= 0.3 is 0 Å². The first-order chi connectivity index (χ1) is 8.58. The van der Waals surface area contributed by atoms with Gasteiger partial charge in [0.05, 0.1) is 5.56 Å². The Hall–Kier alpha value is -1.88. The van der Waals surface area contributed by atoms with E-state index in [0.29, 0.717) is 11.3 Å². The number of benzene rings is 1. The fourth-order valence-electron chi connectivity index (χ4n) is 1.51. The summed E-state index contributed by atoms with van der Waals surface area (Å²) in [5.41, 5.74) is 8.25. The Morgan fingerprint density at radius 1 is 1.39 bits per heavy atom. The molecule has 3 N–H and O–H groups in total. The molecule has 0 aliphatic heterocycles. The summed E-state index contributed by atoms with van der Waals surface area (Å²) in [5.74, 6) is -0.262. The molecule has 0 radical (unpaired) electrons. The maximum Gasteiger partial charge on any atom is 0.259 e. The number of amides is 1. The zero-order valence-electron chi connectivity index (χ0n) is 9.77. The molecule has 18 heavy (non-hydrogen) atoms. The molecule has 1 aromatic carbocycles. The van der Waals surface area contributed by atoms with Crippen molar-refractivity contribution in [3.63, 3.8) is 0 Å². The van der Waals surface area contributed by atoms with Crippen LogP contribution in [-0.4, -0.2) is 10.9 Å². The Balaban J connectivity index is 2.27. The normalized spacial score (nSPS) is 10.1. The average Bonchev–Trinajstić information content (AvgIpc) is 2.34. The number of nitrogen functional groups attached to an aromatic ring is 1. The lowest BCUT2D eigenvalue weighted by atomic mass is 10.2. The number of carbonyl (C=O) groups excluding carboxylic acids is 1. The fraction of sp³-hybridized carbons (Fsp3) is 0.0769. The Morgan fingerprint density at radius 2 is 2.17 bits per heavy atom. The van der Waals surface area contributed by atoms with E-state index in [1.807, 2.05) is 25.1 Å². The molecule has 0 spiro atoms. The van der Waals surface area contributed by atoms with Gasteiger partial charge in [-0.1, -0.05) is 22.0 Å². The Kier molecular flexibility index (Phi) is 3.62. The number of anilines is 2. The van der Waals surface area contributed by atoms with Crippen molar-refractivity contribution in [2.45, 2.75) is 6.92 Å². The number of rotatable bonds is 2. The van der Waals surface area contributed by atoms with Crippen molar-refractivity contribution in [2.24, 2.45) is 0 Å². The summed E-state index contributed by atoms with van der Waals surface area (Å²) in [5, 5.41) is 2.82. The van der Waals surface area contributed by atoms with Crippen molar-refractivity contribution < 1.29 is 4.79 Å². The van der Waals surface area contributed by atoms with Gasteiger partial charge in [0.15, 0.2) is 0 Å². The maximum absolute atomic E-state index is 12.1. The third-order valence-electron chi connectivity index (χ3n) is 2.55. The predicted molar refractivity (Wildman–Crippen MR) is 75.5 cm³/mol. The molecule has 0 aliphatic carbocycles. The van der Waals surface area contributed by atoms with Gasteiger partial charge < -0.3 is 11.1 Å². The number of aryl methyl sites for hydroxylation is 1. The van der Waals surface area contributed by atoms with Gasteiger partial charge in [-0.25, -0.2) is 0 Å². The first kappa shape index (κ1) is 12.6. The minimum absolute atomic E-state index is 0.262. The van der Waals surface area contributed by atoms with E-state index in [0.717, 1.165) is 15.7 Å². The lowest BCUT2D eigenvalue weighted by Gasteiger charge is -2.09. The van der Waals surface area contributed by atoms with Crippen LogP contribution in [0.1, 0.15) is 15.9 Å². The van der Waals surface area contributed by atoms with Crippen molar-refractivity contribution in [2.75, 3.05) is 11.1 Å². The minimum atomic E-state index is -0.262. The second-order valence-corrected chi connectivity index (χ2v) is 4.79. The van der Waals surface area contributed by atoms with Gasteiger partial charge in [-0.3, -0.25) is 9.78 Å². The van der Waals surface area contributed by atoms with Crippen LogP contribution in [0.25, 0.3) is 0 Å². The zero-order valence-corrected chi connectivity index (χ0v) is 11.4. The topological polar surface area (TPSA) is 68.0 Å². The number of nitrogens with zero attached hydrogens (tertiary/aromatic N) is 1. The van der Waals surface area contributed by atoms with Gasteiger partial charge in [-0.05, 0) is 30.7 Å². The fourth-order valence-corrected chi connectivity index (χ4v) is 1.87. The molecule has 1 aromatic heterocycles. The van der Waals surface area contributed by atoms with Crippen LogP contribution in [0.5, 0.6) is 0 Å². The molecule has 0 unspecified atom stereocenters. The minimum Gasteiger partial charge on any atom is -0.398 e. The van der Waals surface area contributed by atoms with Crippen LogP contribution in [0.4, 0.5) is 11.4 Å². The molecule has 5 heteroatoms. The second kappa shape index (κ2) is 5.18. The van der Waals surface area contributed by atoms with E-state index in [1.54, 1.807) is 12.3 Å². The number of carbonyl (C=O) groups is 1. The first-order valence-corrected chi connectivity index (χ1v) is 6.14. The molecule has 1 amide bonds. The van der Waals surface area contributed by atoms with E-state index in [9.17, 15) is 4.79 Å². The summed E-state index contributed by atoms with van der Waals surface area (Å²) >= 11 is 3.37. The largest absolute Gasteiger partial charge is 0.398 e. The highest BCUT2D eigenvalue weighted by molar-refractivity contribution is 9.10. The number of nitrogens with one attached hydrogen (secondary N) is 1. The standard InChI is InChI=1S/C13H12BrN3O/c1-8-2-3-9(14)6-12(8)17-13(18)10-7-16-5-4-11(10)15/h2-7H,1H3,(H2,15,16)(H,17,18). The van der Waals surface area contributed by atoms with E-state index in [-0.39, 0.29) is 5.91 Å². The molecule has 4 nitrogen and oxygen atoms in total. The van der Waals surface area contributed by atoms with Gasteiger partial charge in [0.25, 0.3) is 5.91 Å². The van der Waals surface area contributed by atoms with Crippen LogP contribution in [-0.2, 0) is 0 Å². The van der Waals surface area contributed by atoms with E-state index in [1.165, 1.54) is 6.20 Å². The maximum atomic E-state index is 12.1. The number of halogens is 1. The molecule has 0 fully saturated rings. The monoisotopic (exact) mass is 305 g/mol. The molecule has 0 bridgehead atoms. The molecule has 92 valence electrons. The molecule has 2 aromatic rings. The zero-order chi connectivity index (χ0) is 13.1. The second-order valence-electron chi connectivity index (χ2n) is 3.88. The van der Waals surface area contributed by atoms with Crippen molar-refractivity contribution in [1.29, 1.82) is 0 Å². The van der Waals surface area contributed by atoms with E-state index in [2.05, 4.69) is 26.2 Å². The summed E-state index contributed by atoms with van der Waals surface area (Å²) < 4.78 is 0.905. The van der Waals surface area contributed by atoms with Crippen LogP contribution in [0.3, 0.4) is 0 Å². The Labute approximate surface area is 113 Å². The molecule has 0 saturated heterocycles. The number of hydrogen-bond acceptors (Lipinski definition) is 3. The highest BCUT2D eigenvalue weighted by Gasteiger charge is 2.11. The number of hydrogen-bond donors (Lipinski definition) is 2. The van der Waals surface area contributed by atoms with Gasteiger partial charge in [0.2, 0.25) is 0 Å². The van der Waals surface area contributed by atoms with Crippen molar-refractivity contribution >= 4 is 33.2 Å². The quantitative estimate of drug-likeness (QED) is 0.896. The molecular weight excluding hydrogens is 294 g/mol.